The van der Waals surface area contributed by atoms with Crippen molar-refractivity contribution >= 4 is 17.4 Å². The van der Waals surface area contributed by atoms with E-state index in [2.05, 4.69) is 10.1 Å². The van der Waals surface area contributed by atoms with Crippen LogP contribution in [0, 0.1) is 0 Å². The maximum absolute atomic E-state index is 12.6. The maximum atomic E-state index is 12.6. The van der Waals surface area contributed by atoms with E-state index in [4.69, 9.17) is 16.3 Å². The van der Waals surface area contributed by atoms with Gasteiger partial charge in [-0.2, -0.15) is 0 Å². The molecule has 156 valence electrons. The fourth-order valence-corrected chi connectivity index (χ4v) is 3.49. The summed E-state index contributed by atoms with van der Waals surface area (Å²) in [6.45, 7) is 1.57. The molecule has 0 bridgehead atoms. The lowest BCUT2D eigenvalue weighted by atomic mass is 9.81. The Bertz CT molecular complexity index is 842. The molecule has 2 aromatic carbocycles. The van der Waals surface area contributed by atoms with E-state index in [9.17, 15) is 23.1 Å². The van der Waals surface area contributed by atoms with E-state index in [0.717, 1.165) is 12.1 Å². The first-order valence-electron chi connectivity index (χ1n) is 8.86. The summed E-state index contributed by atoms with van der Waals surface area (Å²) in [5.74, 6) is -0.336. The van der Waals surface area contributed by atoms with Gasteiger partial charge in [0.1, 0.15) is 22.6 Å². The van der Waals surface area contributed by atoms with Crippen molar-refractivity contribution in [2.45, 2.75) is 36.7 Å². The van der Waals surface area contributed by atoms with Gasteiger partial charge in [-0.15, -0.1) is 24.8 Å². The lowest BCUT2D eigenvalue weighted by Crippen LogP contribution is -2.57. The summed E-state index contributed by atoms with van der Waals surface area (Å²) >= 11 is 6.18. The topological polar surface area (TPSA) is 67.8 Å². The van der Waals surface area contributed by atoms with Gasteiger partial charge < -0.3 is 19.9 Å². The first-order chi connectivity index (χ1) is 13.7. The quantitative estimate of drug-likeness (QED) is 0.703. The molecule has 4 unspecified atom stereocenters. The summed E-state index contributed by atoms with van der Waals surface area (Å²) in [7, 11) is 0. The Balaban J connectivity index is 1.71. The second-order valence-electron chi connectivity index (χ2n) is 6.72. The zero-order chi connectivity index (χ0) is 21.2. The maximum Gasteiger partial charge on any atom is 0.573 e. The van der Waals surface area contributed by atoms with E-state index in [1.165, 1.54) is 12.1 Å². The van der Waals surface area contributed by atoms with Crippen molar-refractivity contribution in [2.24, 2.45) is 0 Å². The number of benzene rings is 2. The second kappa shape index (κ2) is 8.61. The second-order valence-corrected chi connectivity index (χ2v) is 7.19. The van der Waals surface area contributed by atoms with Crippen LogP contribution in [0.25, 0.3) is 0 Å². The summed E-state index contributed by atoms with van der Waals surface area (Å²) in [6.07, 6.45) is -4.75. The Hall–Kier alpha value is -2.29. The predicted molar refractivity (Wildman–Crippen MR) is 101 cm³/mol. The van der Waals surface area contributed by atoms with Crippen LogP contribution in [-0.4, -0.2) is 41.3 Å². The van der Waals surface area contributed by atoms with Gasteiger partial charge in [-0.05, 0) is 48.9 Å². The first kappa shape index (κ1) is 21.4. The number of aliphatic hydroxyl groups is 1. The Kier molecular flexibility index (Phi) is 6.36. The third-order valence-electron chi connectivity index (χ3n) is 4.63. The summed E-state index contributed by atoms with van der Waals surface area (Å²) in [6, 6.07) is 11.0. The molecular weight excluding hydrogens is 411 g/mol. The Morgan fingerprint density at radius 1 is 1.03 bits per heavy atom. The third-order valence-corrected chi connectivity index (χ3v) is 5.22. The number of carbonyl (C=O) groups excluding carboxylic acids is 1. The number of carbonyl (C=O) groups is 1. The number of alkyl halides is 4. The molecule has 0 aliphatic carbocycles. The van der Waals surface area contributed by atoms with Crippen LogP contribution in [0.15, 0.2) is 48.5 Å². The van der Waals surface area contributed by atoms with E-state index in [0.29, 0.717) is 17.1 Å². The number of hydrogen-bond acceptors (Lipinski definition) is 5. The molecule has 2 N–H and O–H groups in total. The molecule has 1 aliphatic rings. The van der Waals surface area contributed by atoms with Gasteiger partial charge in [0, 0.05) is 12.1 Å². The molecular formula is C20H19ClF3NO4. The molecule has 3 rings (SSSR count). The van der Waals surface area contributed by atoms with Crippen molar-refractivity contribution in [2.75, 3.05) is 6.61 Å². The molecule has 9 heteroatoms. The largest absolute Gasteiger partial charge is 0.573 e. The minimum absolute atomic E-state index is 0.161. The molecule has 4 atom stereocenters. The highest BCUT2D eigenvalue weighted by Crippen LogP contribution is 2.32. The number of rotatable bonds is 5. The van der Waals surface area contributed by atoms with Crippen LogP contribution < -0.4 is 14.8 Å². The lowest BCUT2D eigenvalue weighted by molar-refractivity contribution is -0.274. The molecule has 0 aromatic heterocycles. The van der Waals surface area contributed by atoms with Crippen molar-refractivity contribution in [3.05, 3.63) is 54.1 Å². The average molecular weight is 430 g/mol. The normalized spacial score (nSPS) is 25.0. The SMILES string of the molecule is CC1NC(CO)C(c2ccc(Oc3ccc(OC(F)(F)F)cc3)cc2)C(=O)C1Cl. The number of hydrogen-bond donors (Lipinski definition) is 2. The van der Waals surface area contributed by atoms with Crippen molar-refractivity contribution in [3.63, 3.8) is 0 Å². The molecule has 1 heterocycles. The number of piperidine rings is 1. The average Bonchev–Trinajstić information content (AvgIpc) is 2.67. The first-order valence-corrected chi connectivity index (χ1v) is 9.30. The van der Waals surface area contributed by atoms with Crippen LogP contribution in [-0.2, 0) is 4.79 Å². The van der Waals surface area contributed by atoms with E-state index in [1.54, 1.807) is 31.2 Å². The predicted octanol–water partition coefficient (Wildman–Crippen LogP) is 3.99. The summed E-state index contributed by atoms with van der Waals surface area (Å²) in [4.78, 5) is 12.6. The van der Waals surface area contributed by atoms with Gasteiger partial charge in [0.2, 0.25) is 0 Å². The summed E-state index contributed by atoms with van der Waals surface area (Å²) in [5.41, 5.74) is 0.681. The smallest absolute Gasteiger partial charge is 0.457 e. The molecule has 1 aliphatic heterocycles. The molecule has 5 nitrogen and oxygen atoms in total. The molecule has 29 heavy (non-hydrogen) atoms. The Labute approximate surface area is 170 Å². The highest BCUT2D eigenvalue weighted by molar-refractivity contribution is 6.32. The van der Waals surface area contributed by atoms with E-state index < -0.39 is 23.7 Å². The fourth-order valence-electron chi connectivity index (χ4n) is 3.28. The van der Waals surface area contributed by atoms with Gasteiger partial charge >= 0.3 is 6.36 Å². The number of halogens is 4. The van der Waals surface area contributed by atoms with Crippen molar-refractivity contribution < 1.29 is 32.5 Å². The minimum Gasteiger partial charge on any atom is -0.457 e. The molecule has 1 saturated heterocycles. The molecule has 1 fully saturated rings. The van der Waals surface area contributed by atoms with Crippen molar-refractivity contribution in [1.82, 2.24) is 5.32 Å². The molecule has 0 saturated carbocycles. The number of nitrogens with one attached hydrogen (secondary N) is 1. The van der Waals surface area contributed by atoms with Gasteiger partial charge in [-0.3, -0.25) is 4.79 Å². The number of ether oxygens (including phenoxy) is 2. The highest BCUT2D eigenvalue weighted by Gasteiger charge is 2.41. The molecule has 2 aromatic rings. The van der Waals surface area contributed by atoms with E-state index >= 15 is 0 Å². The van der Waals surface area contributed by atoms with Gasteiger partial charge in [0.15, 0.2) is 5.78 Å². The standard InChI is InChI=1S/C20H19ClF3NO4/c1-11-18(21)19(27)17(16(10-26)25-11)12-2-4-13(5-3-12)28-14-6-8-15(9-7-14)29-20(22,23)24/h2-9,11,16-18,25-26H,10H2,1H3. The highest BCUT2D eigenvalue weighted by atomic mass is 35.5. The van der Waals surface area contributed by atoms with Crippen LogP contribution in [0.5, 0.6) is 17.2 Å². The van der Waals surface area contributed by atoms with Crippen LogP contribution in [0.3, 0.4) is 0 Å². The zero-order valence-corrected chi connectivity index (χ0v) is 16.1. The summed E-state index contributed by atoms with van der Waals surface area (Å²) in [5, 5.41) is 12.1. The number of aliphatic hydroxyl groups excluding tert-OH is 1. The van der Waals surface area contributed by atoms with E-state index in [-0.39, 0.29) is 24.2 Å². The van der Waals surface area contributed by atoms with Crippen LogP contribution in [0.4, 0.5) is 13.2 Å². The number of Topliss-reactive ketones (excluding diaryl/α,β-unsaturated/α-hetero) is 1. The van der Waals surface area contributed by atoms with Gasteiger partial charge in [0.05, 0.1) is 12.5 Å². The van der Waals surface area contributed by atoms with Crippen LogP contribution in [0.1, 0.15) is 18.4 Å². The molecule has 0 spiro atoms. The van der Waals surface area contributed by atoms with E-state index in [1.807, 2.05) is 0 Å². The van der Waals surface area contributed by atoms with Crippen LogP contribution in [0.2, 0.25) is 0 Å². The van der Waals surface area contributed by atoms with Gasteiger partial charge in [-0.25, -0.2) is 0 Å². The van der Waals surface area contributed by atoms with Crippen LogP contribution >= 0.6 is 11.6 Å². The fraction of sp³-hybridized carbons (Fsp3) is 0.350. The zero-order valence-electron chi connectivity index (χ0n) is 15.3. The van der Waals surface area contributed by atoms with Crippen molar-refractivity contribution in [3.8, 4) is 17.2 Å². The van der Waals surface area contributed by atoms with Gasteiger partial charge in [-0.1, -0.05) is 12.1 Å². The summed E-state index contributed by atoms with van der Waals surface area (Å²) < 4.78 is 46.0. The number of ketones is 1. The molecule has 0 amide bonds. The van der Waals surface area contributed by atoms with Crippen molar-refractivity contribution in [1.29, 1.82) is 0 Å². The monoisotopic (exact) mass is 429 g/mol. The Morgan fingerprint density at radius 3 is 2.07 bits per heavy atom. The minimum atomic E-state index is -4.75. The molecule has 0 radical (unpaired) electrons. The van der Waals surface area contributed by atoms with Gasteiger partial charge in [0.25, 0.3) is 0 Å². The Morgan fingerprint density at radius 2 is 1.55 bits per heavy atom. The lowest BCUT2D eigenvalue weighted by Gasteiger charge is -2.37. The third kappa shape index (κ3) is 5.20.